The van der Waals surface area contributed by atoms with Crippen LogP contribution in [-0.2, 0) is 11.3 Å². The fourth-order valence-corrected chi connectivity index (χ4v) is 5.43. The van der Waals surface area contributed by atoms with Gasteiger partial charge in [-0.05, 0) is 30.3 Å². The molecule has 5 heterocycles. The topological polar surface area (TPSA) is 72.2 Å². The van der Waals surface area contributed by atoms with E-state index in [0.29, 0.717) is 37.9 Å². The summed E-state index contributed by atoms with van der Waals surface area (Å²) in [6.45, 7) is 2.23. The molecule has 202 valence electrons. The van der Waals surface area contributed by atoms with E-state index in [1.807, 2.05) is 48.7 Å². The lowest BCUT2D eigenvalue weighted by atomic mass is 10.0. The average molecular weight is 558 g/mol. The van der Waals surface area contributed by atoms with Crippen LogP contribution in [0.3, 0.4) is 0 Å². The Balaban J connectivity index is 1.25. The van der Waals surface area contributed by atoms with Gasteiger partial charge >= 0.3 is 6.36 Å². The summed E-state index contributed by atoms with van der Waals surface area (Å²) in [6.07, 6.45) is -2.92. The van der Waals surface area contributed by atoms with Gasteiger partial charge in [0.25, 0.3) is 5.91 Å². The Kier molecular flexibility index (Phi) is 6.66. The Morgan fingerprint density at radius 1 is 1.00 bits per heavy atom. The SMILES string of the molecule is O=C(c1cccc(OC(F)(F)F)n1)N1C2COCC1CN(Cc1c(-c3ccc(Cl)cc3)nc3ccccn13)C2. The number of amides is 1. The Labute approximate surface area is 226 Å². The molecule has 4 aromatic rings. The van der Waals surface area contributed by atoms with Gasteiger partial charge in [0.15, 0.2) is 0 Å². The maximum Gasteiger partial charge on any atom is 0.574 e. The highest BCUT2D eigenvalue weighted by Gasteiger charge is 2.42. The minimum absolute atomic E-state index is 0.103. The van der Waals surface area contributed by atoms with Crippen molar-refractivity contribution in [2.75, 3.05) is 26.3 Å². The van der Waals surface area contributed by atoms with Crippen LogP contribution in [0.2, 0.25) is 5.02 Å². The normalized spacial score (nSPS) is 19.8. The molecule has 0 N–H and O–H groups in total. The number of rotatable bonds is 5. The number of halogens is 4. The molecule has 12 heteroatoms. The van der Waals surface area contributed by atoms with Crippen LogP contribution in [0.25, 0.3) is 16.9 Å². The van der Waals surface area contributed by atoms with Gasteiger partial charge in [-0.3, -0.25) is 9.69 Å². The molecule has 0 radical (unpaired) electrons. The summed E-state index contributed by atoms with van der Waals surface area (Å²) in [4.78, 5) is 26.1. The maximum atomic E-state index is 13.4. The summed E-state index contributed by atoms with van der Waals surface area (Å²) in [5.74, 6) is -1.12. The fraction of sp³-hybridized carbons (Fsp3) is 0.296. The molecule has 1 aromatic carbocycles. The minimum atomic E-state index is -4.90. The lowest BCUT2D eigenvalue weighted by Gasteiger charge is -2.49. The first kappa shape index (κ1) is 25.6. The van der Waals surface area contributed by atoms with Crippen molar-refractivity contribution in [3.05, 3.63) is 83.3 Å². The van der Waals surface area contributed by atoms with Crippen molar-refractivity contribution in [3.63, 3.8) is 0 Å². The van der Waals surface area contributed by atoms with Crippen molar-refractivity contribution in [2.24, 2.45) is 0 Å². The summed E-state index contributed by atoms with van der Waals surface area (Å²) >= 11 is 6.11. The number of carbonyl (C=O) groups is 1. The second-order valence-electron chi connectivity index (χ2n) is 9.50. The van der Waals surface area contributed by atoms with Crippen molar-refractivity contribution in [2.45, 2.75) is 25.0 Å². The molecule has 2 unspecified atom stereocenters. The second kappa shape index (κ2) is 10.1. The summed E-state index contributed by atoms with van der Waals surface area (Å²) in [6, 6.07) is 16.6. The number of nitrogens with zero attached hydrogens (tertiary/aromatic N) is 5. The van der Waals surface area contributed by atoms with Gasteiger partial charge in [0, 0.05) is 42.5 Å². The molecule has 2 fully saturated rings. The molecule has 39 heavy (non-hydrogen) atoms. The van der Waals surface area contributed by atoms with Crippen molar-refractivity contribution in [1.82, 2.24) is 24.2 Å². The van der Waals surface area contributed by atoms with Crippen molar-refractivity contribution in [3.8, 4) is 17.1 Å². The quantitative estimate of drug-likeness (QED) is 0.355. The van der Waals surface area contributed by atoms with E-state index in [-0.39, 0.29) is 17.8 Å². The highest BCUT2D eigenvalue weighted by molar-refractivity contribution is 6.30. The van der Waals surface area contributed by atoms with Crippen LogP contribution in [0, 0.1) is 0 Å². The van der Waals surface area contributed by atoms with Crippen LogP contribution in [0.4, 0.5) is 13.2 Å². The largest absolute Gasteiger partial charge is 0.574 e. The molecule has 2 atom stereocenters. The number of piperazine rings is 1. The van der Waals surface area contributed by atoms with E-state index in [1.54, 1.807) is 4.90 Å². The van der Waals surface area contributed by atoms with Crippen LogP contribution < -0.4 is 4.74 Å². The molecule has 2 bridgehead atoms. The third-order valence-electron chi connectivity index (χ3n) is 6.86. The number of pyridine rings is 2. The van der Waals surface area contributed by atoms with Gasteiger partial charge in [-0.1, -0.05) is 35.9 Å². The van der Waals surface area contributed by atoms with Gasteiger partial charge in [-0.2, -0.15) is 0 Å². The molecule has 0 spiro atoms. The number of alkyl halides is 3. The van der Waals surface area contributed by atoms with Crippen LogP contribution in [0.15, 0.2) is 66.9 Å². The minimum Gasteiger partial charge on any atom is -0.388 e. The zero-order valence-electron chi connectivity index (χ0n) is 20.5. The van der Waals surface area contributed by atoms with Crippen LogP contribution in [0.5, 0.6) is 5.88 Å². The molecule has 3 aromatic heterocycles. The number of fused-ring (bicyclic) bond motifs is 3. The average Bonchev–Trinajstić information content (AvgIpc) is 3.25. The van der Waals surface area contributed by atoms with Crippen molar-refractivity contribution in [1.29, 1.82) is 0 Å². The van der Waals surface area contributed by atoms with Gasteiger partial charge in [-0.15, -0.1) is 13.2 Å². The van der Waals surface area contributed by atoms with Crippen molar-refractivity contribution < 1.29 is 27.4 Å². The Hall–Kier alpha value is -3.67. The van der Waals surface area contributed by atoms with E-state index >= 15 is 0 Å². The third-order valence-corrected chi connectivity index (χ3v) is 7.11. The molecule has 0 saturated carbocycles. The van der Waals surface area contributed by atoms with Gasteiger partial charge in [0.05, 0.1) is 36.7 Å². The van der Waals surface area contributed by atoms with Gasteiger partial charge in [-0.25, -0.2) is 9.97 Å². The molecular weight excluding hydrogens is 535 g/mol. The predicted octanol–water partition coefficient (Wildman–Crippen LogP) is 4.67. The third kappa shape index (κ3) is 5.29. The highest BCUT2D eigenvalue weighted by Crippen LogP contribution is 2.30. The standard InChI is InChI=1S/C27H23ClF3N5O3/c28-18-9-7-17(8-10-18)25-22(35-11-2-1-5-23(35)33-25)14-34-12-19-15-38-16-20(13-34)36(19)26(37)21-4-3-6-24(32-21)39-27(29,30)31/h1-11,19-20H,12-16H2. The number of ether oxygens (including phenoxy) is 2. The van der Waals surface area contributed by atoms with E-state index in [0.717, 1.165) is 28.7 Å². The Morgan fingerprint density at radius 2 is 1.74 bits per heavy atom. The number of hydrogen-bond acceptors (Lipinski definition) is 6. The van der Waals surface area contributed by atoms with E-state index in [1.165, 1.54) is 12.1 Å². The van der Waals surface area contributed by atoms with E-state index < -0.39 is 18.1 Å². The van der Waals surface area contributed by atoms with E-state index in [9.17, 15) is 18.0 Å². The van der Waals surface area contributed by atoms with Crippen LogP contribution >= 0.6 is 11.6 Å². The highest BCUT2D eigenvalue weighted by atomic mass is 35.5. The van der Waals surface area contributed by atoms with E-state index in [2.05, 4.69) is 19.0 Å². The van der Waals surface area contributed by atoms with Gasteiger partial charge in [0.1, 0.15) is 11.3 Å². The molecule has 8 nitrogen and oxygen atoms in total. The van der Waals surface area contributed by atoms with E-state index in [4.69, 9.17) is 21.3 Å². The first-order valence-electron chi connectivity index (χ1n) is 12.3. The molecule has 1 amide bonds. The maximum absolute atomic E-state index is 13.4. The van der Waals surface area contributed by atoms with Gasteiger partial charge < -0.3 is 18.8 Å². The lowest BCUT2D eigenvalue weighted by Crippen LogP contribution is -2.66. The molecule has 2 aliphatic rings. The Morgan fingerprint density at radius 3 is 2.46 bits per heavy atom. The summed E-state index contributed by atoms with van der Waals surface area (Å²) in [5, 5.41) is 0.641. The van der Waals surface area contributed by atoms with Crippen LogP contribution in [0.1, 0.15) is 16.2 Å². The number of imidazole rings is 1. The molecular formula is C27H23ClF3N5O3. The summed E-state index contributed by atoms with van der Waals surface area (Å²) in [7, 11) is 0. The first-order valence-corrected chi connectivity index (χ1v) is 12.7. The number of morpholine rings is 1. The fourth-order valence-electron chi connectivity index (χ4n) is 5.30. The van der Waals surface area contributed by atoms with Gasteiger partial charge in [0.2, 0.25) is 5.88 Å². The zero-order chi connectivity index (χ0) is 27.1. The number of benzene rings is 1. The number of hydrogen-bond donors (Lipinski definition) is 0. The van der Waals surface area contributed by atoms with Crippen LogP contribution in [-0.4, -0.2) is 74.8 Å². The smallest absolute Gasteiger partial charge is 0.388 e. The molecule has 6 rings (SSSR count). The predicted molar refractivity (Wildman–Crippen MR) is 136 cm³/mol. The Bertz CT molecular complexity index is 1500. The van der Waals surface area contributed by atoms with Crippen molar-refractivity contribution >= 4 is 23.2 Å². The zero-order valence-corrected chi connectivity index (χ0v) is 21.3. The molecule has 2 aliphatic heterocycles. The summed E-state index contributed by atoms with van der Waals surface area (Å²) in [5.41, 5.74) is 3.52. The second-order valence-corrected chi connectivity index (χ2v) is 9.94. The lowest BCUT2D eigenvalue weighted by molar-refractivity contribution is -0.276. The number of carbonyl (C=O) groups excluding carboxylic acids is 1. The summed E-state index contributed by atoms with van der Waals surface area (Å²) < 4.78 is 49.8. The molecule has 0 aliphatic carbocycles. The first-order chi connectivity index (χ1) is 18.7. The monoisotopic (exact) mass is 557 g/mol. The number of aromatic nitrogens is 3. The molecule has 2 saturated heterocycles.